The second kappa shape index (κ2) is 7.33. The number of hydrogen-bond acceptors (Lipinski definition) is 2. The monoisotopic (exact) mass is 310 g/mol. The van der Waals surface area contributed by atoms with Gasteiger partial charge in [0.25, 0.3) is 0 Å². The van der Waals surface area contributed by atoms with Crippen molar-refractivity contribution in [2.45, 2.75) is 44.6 Å². The smallest absolute Gasteiger partial charge is 0.240 e. The molecule has 0 radical (unpaired) electrons. The molecule has 2 amide bonds. The Morgan fingerprint density at radius 1 is 1.14 bits per heavy atom. The molecule has 120 valence electrons. The number of nitrogens with two attached hydrogens (primary N) is 1. The molecular weight excluding hydrogens is 290 g/mol. The first-order chi connectivity index (χ1) is 10.5. The molecule has 1 saturated carbocycles. The summed E-state index contributed by atoms with van der Waals surface area (Å²) < 4.78 is 26.2. The largest absolute Gasteiger partial charge is 0.368 e. The van der Waals surface area contributed by atoms with Gasteiger partial charge in [-0.15, -0.1) is 0 Å². The minimum absolute atomic E-state index is 0.0412. The Morgan fingerprint density at radius 3 is 2.27 bits per heavy atom. The van der Waals surface area contributed by atoms with Gasteiger partial charge in [-0.3, -0.25) is 9.59 Å². The van der Waals surface area contributed by atoms with Crippen LogP contribution in [0.4, 0.5) is 8.78 Å². The van der Waals surface area contributed by atoms with Gasteiger partial charge in [-0.1, -0.05) is 19.3 Å². The molecule has 0 spiro atoms. The van der Waals surface area contributed by atoms with Gasteiger partial charge < -0.3 is 11.1 Å². The zero-order valence-electron chi connectivity index (χ0n) is 12.3. The van der Waals surface area contributed by atoms with Crippen LogP contribution in [0.15, 0.2) is 18.2 Å². The van der Waals surface area contributed by atoms with E-state index in [4.69, 9.17) is 5.73 Å². The van der Waals surface area contributed by atoms with Crippen molar-refractivity contribution >= 4 is 11.8 Å². The molecule has 2 rings (SSSR count). The fourth-order valence-electron chi connectivity index (χ4n) is 3.01. The van der Waals surface area contributed by atoms with Crippen LogP contribution in [0.25, 0.3) is 0 Å². The molecule has 1 fully saturated rings. The zero-order chi connectivity index (χ0) is 16.1. The fourth-order valence-corrected chi connectivity index (χ4v) is 3.01. The number of amides is 2. The second-order valence-electron chi connectivity index (χ2n) is 5.80. The van der Waals surface area contributed by atoms with Gasteiger partial charge >= 0.3 is 0 Å². The van der Waals surface area contributed by atoms with E-state index >= 15 is 0 Å². The quantitative estimate of drug-likeness (QED) is 0.874. The lowest BCUT2D eigenvalue weighted by molar-refractivity contribution is -0.128. The summed E-state index contributed by atoms with van der Waals surface area (Å²) in [7, 11) is 0. The number of primary amides is 1. The van der Waals surface area contributed by atoms with E-state index in [2.05, 4.69) is 5.32 Å². The Morgan fingerprint density at radius 2 is 1.73 bits per heavy atom. The van der Waals surface area contributed by atoms with Crippen molar-refractivity contribution in [3.63, 3.8) is 0 Å². The Balaban J connectivity index is 2.00. The third-order valence-electron chi connectivity index (χ3n) is 4.03. The van der Waals surface area contributed by atoms with Gasteiger partial charge in [0.15, 0.2) is 0 Å². The minimum Gasteiger partial charge on any atom is -0.368 e. The zero-order valence-corrected chi connectivity index (χ0v) is 12.3. The van der Waals surface area contributed by atoms with E-state index in [1.165, 1.54) is 0 Å². The fraction of sp³-hybridized carbons (Fsp3) is 0.500. The van der Waals surface area contributed by atoms with Crippen LogP contribution in [0, 0.1) is 17.6 Å². The van der Waals surface area contributed by atoms with Crippen LogP contribution in [-0.4, -0.2) is 17.9 Å². The first kappa shape index (κ1) is 16.4. The Hall–Kier alpha value is -1.98. The maximum Gasteiger partial charge on any atom is 0.240 e. The summed E-state index contributed by atoms with van der Waals surface area (Å²) in [5.41, 5.74) is 5.61. The van der Waals surface area contributed by atoms with E-state index in [1.807, 2.05) is 0 Å². The van der Waals surface area contributed by atoms with Gasteiger partial charge in [0.1, 0.15) is 17.7 Å². The van der Waals surface area contributed by atoms with Crippen molar-refractivity contribution < 1.29 is 18.4 Å². The van der Waals surface area contributed by atoms with Crippen LogP contribution in [0.2, 0.25) is 0 Å². The molecule has 0 unspecified atom stereocenters. The molecule has 1 atom stereocenters. The maximum atomic E-state index is 13.1. The predicted octanol–water partition coefficient (Wildman–Crippen LogP) is 2.06. The summed E-state index contributed by atoms with van der Waals surface area (Å²) in [5.74, 6) is -2.45. The molecule has 1 aliphatic rings. The van der Waals surface area contributed by atoms with Crippen molar-refractivity contribution in [3.05, 3.63) is 35.4 Å². The van der Waals surface area contributed by atoms with Crippen LogP contribution in [0.3, 0.4) is 0 Å². The Bertz CT molecular complexity index is 537. The molecule has 1 aromatic carbocycles. The number of halogens is 2. The standard InChI is InChI=1S/C16H20F2N2O2/c17-12-6-10(7-13(18)9-12)8-14(21)20-15(16(19)22)11-4-2-1-3-5-11/h6-7,9,11,15H,1-5,8H2,(H2,19,22)(H,20,21)/t15-/m1/s1. The molecule has 4 nitrogen and oxygen atoms in total. The second-order valence-corrected chi connectivity index (χ2v) is 5.80. The number of nitrogens with one attached hydrogen (secondary N) is 1. The van der Waals surface area contributed by atoms with Gasteiger partial charge in [-0.2, -0.15) is 0 Å². The SMILES string of the molecule is NC(=O)[C@H](NC(=O)Cc1cc(F)cc(F)c1)C1CCCCC1. The average Bonchev–Trinajstić information content (AvgIpc) is 2.44. The van der Waals surface area contributed by atoms with Gasteiger partial charge in [-0.25, -0.2) is 8.78 Å². The summed E-state index contributed by atoms with van der Waals surface area (Å²) in [6, 6.07) is 2.23. The molecule has 0 heterocycles. The highest BCUT2D eigenvalue weighted by Gasteiger charge is 2.29. The molecule has 0 aliphatic heterocycles. The van der Waals surface area contributed by atoms with Gasteiger partial charge in [0.2, 0.25) is 11.8 Å². The molecule has 0 bridgehead atoms. The highest BCUT2D eigenvalue weighted by Crippen LogP contribution is 2.26. The summed E-state index contributed by atoms with van der Waals surface area (Å²) in [4.78, 5) is 23.6. The lowest BCUT2D eigenvalue weighted by atomic mass is 9.83. The molecule has 22 heavy (non-hydrogen) atoms. The van der Waals surface area contributed by atoms with Gasteiger partial charge in [0, 0.05) is 6.07 Å². The number of hydrogen-bond donors (Lipinski definition) is 2. The van der Waals surface area contributed by atoms with E-state index in [0.29, 0.717) is 0 Å². The normalized spacial score (nSPS) is 17.0. The molecule has 0 aromatic heterocycles. The Labute approximate surface area is 128 Å². The molecule has 3 N–H and O–H groups in total. The summed E-state index contributed by atoms with van der Waals surface area (Å²) in [5, 5.41) is 2.62. The number of benzene rings is 1. The highest BCUT2D eigenvalue weighted by molar-refractivity contribution is 5.87. The lowest BCUT2D eigenvalue weighted by Gasteiger charge is -2.28. The number of carbonyl (C=O) groups excluding carboxylic acids is 2. The van der Waals surface area contributed by atoms with E-state index in [1.54, 1.807) is 0 Å². The van der Waals surface area contributed by atoms with Gasteiger partial charge in [-0.05, 0) is 36.5 Å². The van der Waals surface area contributed by atoms with Crippen molar-refractivity contribution in [2.75, 3.05) is 0 Å². The minimum atomic E-state index is -0.735. The van der Waals surface area contributed by atoms with Crippen molar-refractivity contribution in [1.82, 2.24) is 5.32 Å². The number of carbonyl (C=O) groups is 2. The van der Waals surface area contributed by atoms with E-state index in [-0.39, 0.29) is 17.9 Å². The van der Waals surface area contributed by atoms with Crippen LogP contribution in [-0.2, 0) is 16.0 Å². The van der Waals surface area contributed by atoms with Crippen LogP contribution < -0.4 is 11.1 Å². The molecule has 6 heteroatoms. The average molecular weight is 310 g/mol. The molecule has 0 saturated heterocycles. The van der Waals surface area contributed by atoms with E-state index in [9.17, 15) is 18.4 Å². The van der Waals surface area contributed by atoms with Crippen LogP contribution in [0.5, 0.6) is 0 Å². The van der Waals surface area contributed by atoms with Crippen LogP contribution in [0.1, 0.15) is 37.7 Å². The maximum absolute atomic E-state index is 13.1. The van der Waals surface area contributed by atoms with Gasteiger partial charge in [0.05, 0.1) is 6.42 Å². The van der Waals surface area contributed by atoms with E-state index in [0.717, 1.165) is 50.3 Å². The Kier molecular flexibility index (Phi) is 5.46. The first-order valence-corrected chi connectivity index (χ1v) is 7.49. The van der Waals surface area contributed by atoms with Crippen LogP contribution >= 0.6 is 0 Å². The first-order valence-electron chi connectivity index (χ1n) is 7.49. The van der Waals surface area contributed by atoms with Crippen molar-refractivity contribution in [1.29, 1.82) is 0 Å². The van der Waals surface area contributed by atoms with Crippen molar-refractivity contribution in [2.24, 2.45) is 11.7 Å². The topological polar surface area (TPSA) is 72.2 Å². The highest BCUT2D eigenvalue weighted by atomic mass is 19.1. The number of rotatable bonds is 5. The molecule has 1 aromatic rings. The molecular formula is C16H20F2N2O2. The summed E-state index contributed by atoms with van der Waals surface area (Å²) >= 11 is 0. The van der Waals surface area contributed by atoms with Crippen molar-refractivity contribution in [3.8, 4) is 0 Å². The third-order valence-corrected chi connectivity index (χ3v) is 4.03. The third kappa shape index (κ3) is 4.51. The summed E-state index contributed by atoms with van der Waals surface area (Å²) in [6.45, 7) is 0. The van der Waals surface area contributed by atoms with E-state index < -0.39 is 29.5 Å². The lowest BCUT2D eigenvalue weighted by Crippen LogP contribution is -2.50. The molecule has 1 aliphatic carbocycles. The predicted molar refractivity (Wildman–Crippen MR) is 77.8 cm³/mol. The summed E-state index contributed by atoms with van der Waals surface area (Å²) in [6.07, 6.45) is 4.66.